The third-order valence-electron chi connectivity index (χ3n) is 3.35. The van der Waals surface area contributed by atoms with Gasteiger partial charge in [0.2, 0.25) is 11.9 Å². The van der Waals surface area contributed by atoms with E-state index in [4.69, 9.17) is 0 Å². The van der Waals surface area contributed by atoms with Crippen LogP contribution in [0.1, 0.15) is 20.3 Å². The zero-order chi connectivity index (χ0) is 13.7. The van der Waals surface area contributed by atoms with E-state index in [1.54, 1.807) is 18.5 Å². The highest BCUT2D eigenvalue weighted by atomic mass is 32.2. The maximum Gasteiger partial charge on any atom is 0.243 e. The summed E-state index contributed by atoms with van der Waals surface area (Å²) in [6, 6.07) is 1.59. The van der Waals surface area contributed by atoms with E-state index >= 15 is 0 Å². The minimum Gasteiger partial charge on any atom is -0.293 e. The van der Waals surface area contributed by atoms with Gasteiger partial charge in [0, 0.05) is 36.5 Å². The van der Waals surface area contributed by atoms with E-state index in [-0.39, 0.29) is 11.9 Å². The molecular formula is C13H20N4OS. The van der Waals surface area contributed by atoms with Crippen molar-refractivity contribution >= 4 is 23.6 Å². The first kappa shape index (κ1) is 14.3. The highest BCUT2D eigenvalue weighted by Gasteiger charge is 2.27. The van der Waals surface area contributed by atoms with Crippen LogP contribution in [0, 0.1) is 0 Å². The largest absolute Gasteiger partial charge is 0.293 e. The molecule has 0 radical (unpaired) electrons. The second-order valence-electron chi connectivity index (χ2n) is 4.63. The van der Waals surface area contributed by atoms with Crippen LogP contribution < -0.4 is 5.32 Å². The molecule has 1 aromatic rings. The quantitative estimate of drug-likeness (QED) is 0.908. The predicted octanol–water partition coefficient (Wildman–Crippen LogP) is 1.63. The molecular weight excluding hydrogens is 260 g/mol. The van der Waals surface area contributed by atoms with E-state index in [0.717, 1.165) is 25.3 Å². The Balaban J connectivity index is 1.91. The fourth-order valence-corrected chi connectivity index (χ4v) is 3.29. The molecule has 0 aromatic carbocycles. The van der Waals surface area contributed by atoms with Crippen LogP contribution >= 0.6 is 11.8 Å². The smallest absolute Gasteiger partial charge is 0.243 e. The van der Waals surface area contributed by atoms with E-state index in [2.05, 4.69) is 27.1 Å². The third kappa shape index (κ3) is 3.91. The number of thioether (sulfide) groups is 1. The van der Waals surface area contributed by atoms with E-state index in [9.17, 15) is 4.79 Å². The van der Waals surface area contributed by atoms with Crippen molar-refractivity contribution in [1.82, 2.24) is 14.9 Å². The van der Waals surface area contributed by atoms with E-state index in [0.29, 0.717) is 11.2 Å². The topological polar surface area (TPSA) is 58.1 Å². The Labute approximate surface area is 118 Å². The van der Waals surface area contributed by atoms with E-state index in [1.807, 2.05) is 18.7 Å². The van der Waals surface area contributed by atoms with Gasteiger partial charge < -0.3 is 0 Å². The highest BCUT2D eigenvalue weighted by Crippen LogP contribution is 2.22. The summed E-state index contributed by atoms with van der Waals surface area (Å²) >= 11 is 2.00. The van der Waals surface area contributed by atoms with Gasteiger partial charge in [0.05, 0.1) is 6.04 Å². The molecule has 5 nitrogen and oxygen atoms in total. The Morgan fingerprint density at radius 3 is 3.00 bits per heavy atom. The Morgan fingerprint density at radius 2 is 2.32 bits per heavy atom. The molecule has 0 spiro atoms. The van der Waals surface area contributed by atoms with Gasteiger partial charge >= 0.3 is 0 Å². The number of aromatic nitrogens is 2. The summed E-state index contributed by atoms with van der Waals surface area (Å²) in [6.45, 7) is 6.08. The highest BCUT2D eigenvalue weighted by molar-refractivity contribution is 8.00. The third-order valence-corrected chi connectivity index (χ3v) is 4.73. The molecule has 0 unspecified atom stereocenters. The Morgan fingerprint density at radius 1 is 1.58 bits per heavy atom. The Kier molecular flexibility index (Phi) is 5.15. The number of anilines is 1. The number of amides is 1. The average Bonchev–Trinajstić information content (AvgIpc) is 2.47. The molecule has 1 saturated heterocycles. The van der Waals surface area contributed by atoms with Crippen LogP contribution in [0.5, 0.6) is 0 Å². The molecule has 6 heteroatoms. The molecule has 1 aliphatic heterocycles. The van der Waals surface area contributed by atoms with Crippen molar-refractivity contribution in [2.45, 2.75) is 31.6 Å². The second-order valence-corrected chi connectivity index (χ2v) is 6.04. The lowest BCUT2D eigenvalue weighted by Gasteiger charge is -2.35. The van der Waals surface area contributed by atoms with Gasteiger partial charge in [-0.1, -0.05) is 6.92 Å². The van der Waals surface area contributed by atoms with Crippen molar-refractivity contribution in [1.29, 1.82) is 0 Å². The summed E-state index contributed by atoms with van der Waals surface area (Å²) in [7, 11) is 0. The average molecular weight is 280 g/mol. The molecule has 104 valence electrons. The normalized spacial score (nSPS) is 21.9. The first-order chi connectivity index (χ1) is 9.20. The molecule has 2 rings (SSSR count). The molecule has 0 aliphatic carbocycles. The molecule has 1 fully saturated rings. The Hall–Kier alpha value is -1.14. The van der Waals surface area contributed by atoms with Crippen LogP contribution in [0.3, 0.4) is 0 Å². The maximum atomic E-state index is 12.2. The lowest BCUT2D eigenvalue weighted by atomic mass is 10.2. The van der Waals surface area contributed by atoms with Crippen LogP contribution in [0.4, 0.5) is 5.95 Å². The minimum absolute atomic E-state index is 0.0343. The van der Waals surface area contributed by atoms with Gasteiger partial charge in [-0.05, 0) is 19.4 Å². The maximum absolute atomic E-state index is 12.2. The van der Waals surface area contributed by atoms with Crippen molar-refractivity contribution in [3.63, 3.8) is 0 Å². The van der Waals surface area contributed by atoms with Crippen LogP contribution in [0.25, 0.3) is 0 Å². The number of nitrogens with one attached hydrogen (secondary N) is 1. The van der Waals surface area contributed by atoms with Crippen LogP contribution in [0.15, 0.2) is 18.5 Å². The molecule has 1 amide bonds. The molecule has 1 aromatic heterocycles. The molecule has 19 heavy (non-hydrogen) atoms. The van der Waals surface area contributed by atoms with E-state index < -0.39 is 0 Å². The van der Waals surface area contributed by atoms with E-state index in [1.165, 1.54) is 0 Å². The van der Waals surface area contributed by atoms with Gasteiger partial charge in [-0.3, -0.25) is 15.0 Å². The Bertz CT molecular complexity index is 414. The van der Waals surface area contributed by atoms with Crippen molar-refractivity contribution in [2.75, 3.05) is 24.2 Å². The fourth-order valence-electron chi connectivity index (χ4n) is 2.08. The number of nitrogens with zero attached hydrogens (tertiary/aromatic N) is 3. The second kappa shape index (κ2) is 6.86. The summed E-state index contributed by atoms with van der Waals surface area (Å²) in [5.74, 6) is 1.43. The molecule has 0 saturated carbocycles. The molecule has 1 N–H and O–H groups in total. The minimum atomic E-state index is -0.140. The molecule has 2 atom stereocenters. The van der Waals surface area contributed by atoms with Gasteiger partial charge in [-0.15, -0.1) is 0 Å². The monoisotopic (exact) mass is 280 g/mol. The summed E-state index contributed by atoms with van der Waals surface area (Å²) < 4.78 is 0. The number of carbonyl (C=O) groups excluding carboxylic acids is 1. The number of hydrogen-bond donors (Lipinski definition) is 1. The van der Waals surface area contributed by atoms with Crippen molar-refractivity contribution in [3.05, 3.63) is 18.5 Å². The summed E-state index contributed by atoms with van der Waals surface area (Å²) in [6.07, 6.45) is 4.40. The van der Waals surface area contributed by atoms with Crippen LogP contribution in [-0.2, 0) is 4.79 Å². The van der Waals surface area contributed by atoms with Crippen LogP contribution in [-0.4, -0.2) is 50.9 Å². The van der Waals surface area contributed by atoms with Gasteiger partial charge in [0.1, 0.15) is 0 Å². The number of hydrogen-bond acceptors (Lipinski definition) is 5. The van der Waals surface area contributed by atoms with Gasteiger partial charge in [-0.2, -0.15) is 11.8 Å². The van der Waals surface area contributed by atoms with Crippen molar-refractivity contribution in [2.24, 2.45) is 0 Å². The standard InChI is InChI=1S/C13H20N4OS/c1-3-11-9-17(7-8-19-11)10(2)12(18)16-13-14-5-4-6-15-13/h4-6,10-11H,3,7-9H2,1-2H3,(H,14,15,16,18)/t10-,11+/m0/s1. The molecule has 0 bridgehead atoms. The fraction of sp³-hybridized carbons (Fsp3) is 0.615. The molecule has 1 aliphatic rings. The first-order valence-electron chi connectivity index (χ1n) is 6.64. The summed E-state index contributed by atoms with van der Waals surface area (Å²) in [4.78, 5) is 22.4. The number of carbonyl (C=O) groups is 1. The van der Waals surface area contributed by atoms with Gasteiger partial charge in [0.15, 0.2) is 0 Å². The zero-order valence-electron chi connectivity index (χ0n) is 11.4. The lowest BCUT2D eigenvalue weighted by Crippen LogP contribution is -2.48. The number of rotatable bonds is 4. The predicted molar refractivity (Wildman–Crippen MR) is 78.2 cm³/mol. The van der Waals surface area contributed by atoms with Gasteiger partial charge in [0.25, 0.3) is 0 Å². The molecule has 2 heterocycles. The van der Waals surface area contributed by atoms with Crippen molar-refractivity contribution in [3.8, 4) is 0 Å². The van der Waals surface area contributed by atoms with Gasteiger partial charge in [-0.25, -0.2) is 9.97 Å². The summed E-state index contributed by atoms with van der Waals surface area (Å²) in [5, 5.41) is 3.40. The van der Waals surface area contributed by atoms with Crippen LogP contribution in [0.2, 0.25) is 0 Å². The first-order valence-corrected chi connectivity index (χ1v) is 7.69. The zero-order valence-corrected chi connectivity index (χ0v) is 12.2. The summed E-state index contributed by atoms with van der Waals surface area (Å²) in [5.41, 5.74) is 0. The van der Waals surface area contributed by atoms with Crippen molar-refractivity contribution < 1.29 is 4.79 Å². The lowest BCUT2D eigenvalue weighted by molar-refractivity contribution is -0.120. The SMILES string of the molecule is CC[C@@H]1CN([C@@H](C)C(=O)Nc2ncccn2)CCS1.